The van der Waals surface area contributed by atoms with Crippen LogP contribution in [0.25, 0.3) is 0 Å². The number of fused-ring (bicyclic) bond motifs is 1. The maximum Gasteiger partial charge on any atom is 0.231 e. The molecule has 1 saturated heterocycles. The number of para-hydroxylation sites is 1. The Labute approximate surface area is 160 Å². The summed E-state index contributed by atoms with van der Waals surface area (Å²) in [5, 5.41) is 0. The van der Waals surface area contributed by atoms with Gasteiger partial charge in [-0.15, -0.1) is 0 Å². The second-order valence-electron chi connectivity index (χ2n) is 7.56. The summed E-state index contributed by atoms with van der Waals surface area (Å²) >= 11 is 0. The van der Waals surface area contributed by atoms with Crippen LogP contribution in [0.4, 0.5) is 5.69 Å². The molecule has 0 saturated carbocycles. The van der Waals surface area contributed by atoms with Gasteiger partial charge in [0.2, 0.25) is 11.8 Å². The molecule has 1 atom stereocenters. The van der Waals surface area contributed by atoms with Crippen LogP contribution in [-0.2, 0) is 22.4 Å². The van der Waals surface area contributed by atoms with Gasteiger partial charge in [-0.1, -0.05) is 48.5 Å². The van der Waals surface area contributed by atoms with Crippen LogP contribution in [0.5, 0.6) is 0 Å². The molecule has 0 spiro atoms. The van der Waals surface area contributed by atoms with Crippen LogP contribution < -0.4 is 4.90 Å². The van der Waals surface area contributed by atoms with E-state index in [0.29, 0.717) is 13.0 Å². The predicted octanol–water partition coefficient (Wildman–Crippen LogP) is 3.45. The number of hydrogen-bond acceptors (Lipinski definition) is 2. The van der Waals surface area contributed by atoms with E-state index in [1.807, 2.05) is 58.3 Å². The van der Waals surface area contributed by atoms with Gasteiger partial charge in [0.25, 0.3) is 0 Å². The summed E-state index contributed by atoms with van der Waals surface area (Å²) in [6.45, 7) is 2.08. The van der Waals surface area contributed by atoms with E-state index in [1.54, 1.807) is 0 Å². The fourth-order valence-corrected chi connectivity index (χ4v) is 4.27. The van der Waals surface area contributed by atoms with E-state index in [2.05, 4.69) is 6.07 Å². The van der Waals surface area contributed by atoms with Crippen molar-refractivity contribution >= 4 is 17.5 Å². The Bertz CT molecular complexity index is 818. The number of anilines is 1. The largest absolute Gasteiger partial charge is 0.342 e. The molecule has 2 aromatic carbocycles. The van der Waals surface area contributed by atoms with Gasteiger partial charge in [-0.3, -0.25) is 9.59 Å². The Morgan fingerprint density at radius 2 is 1.70 bits per heavy atom. The molecule has 2 heterocycles. The van der Waals surface area contributed by atoms with Gasteiger partial charge >= 0.3 is 0 Å². The molecule has 4 heteroatoms. The van der Waals surface area contributed by atoms with Gasteiger partial charge < -0.3 is 9.80 Å². The molecule has 2 aliphatic heterocycles. The minimum absolute atomic E-state index is 0.0929. The van der Waals surface area contributed by atoms with Crippen LogP contribution >= 0.6 is 0 Å². The molecule has 2 amide bonds. The maximum absolute atomic E-state index is 13.2. The number of aryl methyl sites for hydroxylation is 1. The van der Waals surface area contributed by atoms with Crippen molar-refractivity contribution in [3.05, 3.63) is 65.7 Å². The SMILES string of the molecule is O=C(Cc1ccccc1)N1CCC[C@@H](C(=O)N2CCCc3ccccc32)C1. The summed E-state index contributed by atoms with van der Waals surface area (Å²) in [7, 11) is 0. The number of hydrogen-bond donors (Lipinski definition) is 0. The van der Waals surface area contributed by atoms with Crippen LogP contribution in [0.3, 0.4) is 0 Å². The Balaban J connectivity index is 1.44. The summed E-state index contributed by atoms with van der Waals surface area (Å²) in [4.78, 5) is 29.8. The van der Waals surface area contributed by atoms with Crippen molar-refractivity contribution in [1.29, 1.82) is 0 Å². The Morgan fingerprint density at radius 1 is 0.926 bits per heavy atom. The average molecular weight is 362 g/mol. The summed E-state index contributed by atoms with van der Waals surface area (Å²) in [5.74, 6) is 0.210. The Kier molecular flexibility index (Phi) is 5.23. The van der Waals surface area contributed by atoms with Crippen molar-refractivity contribution in [2.75, 3.05) is 24.5 Å². The fourth-order valence-electron chi connectivity index (χ4n) is 4.27. The van der Waals surface area contributed by atoms with E-state index in [9.17, 15) is 9.59 Å². The zero-order valence-electron chi connectivity index (χ0n) is 15.6. The molecular formula is C23H26N2O2. The molecule has 1 fully saturated rings. The molecule has 2 aliphatic rings. The van der Waals surface area contributed by atoms with Gasteiger partial charge in [0, 0.05) is 25.3 Å². The van der Waals surface area contributed by atoms with Crippen molar-refractivity contribution in [1.82, 2.24) is 4.90 Å². The highest BCUT2D eigenvalue weighted by Crippen LogP contribution is 2.30. The monoisotopic (exact) mass is 362 g/mol. The van der Waals surface area contributed by atoms with Gasteiger partial charge in [0.15, 0.2) is 0 Å². The minimum Gasteiger partial charge on any atom is -0.342 e. The highest BCUT2D eigenvalue weighted by Gasteiger charge is 2.33. The standard InChI is InChI=1S/C23H26N2O2/c26-22(16-18-8-2-1-3-9-18)24-14-6-12-20(17-24)23(27)25-15-7-11-19-10-4-5-13-21(19)25/h1-5,8-10,13,20H,6-7,11-12,14-17H2/t20-/m1/s1. The number of carbonyl (C=O) groups excluding carboxylic acids is 2. The number of piperidine rings is 1. The lowest BCUT2D eigenvalue weighted by atomic mass is 9.93. The molecule has 0 radical (unpaired) electrons. The molecule has 4 rings (SSSR count). The summed E-state index contributed by atoms with van der Waals surface area (Å²) < 4.78 is 0. The van der Waals surface area contributed by atoms with Crippen molar-refractivity contribution in [3.63, 3.8) is 0 Å². The highest BCUT2D eigenvalue weighted by atomic mass is 16.2. The lowest BCUT2D eigenvalue weighted by Gasteiger charge is -2.37. The molecule has 27 heavy (non-hydrogen) atoms. The average Bonchev–Trinajstić information content (AvgIpc) is 2.73. The van der Waals surface area contributed by atoms with E-state index < -0.39 is 0 Å². The summed E-state index contributed by atoms with van der Waals surface area (Å²) in [5.41, 5.74) is 3.34. The molecule has 4 nitrogen and oxygen atoms in total. The number of benzene rings is 2. The quantitative estimate of drug-likeness (QED) is 0.839. The van der Waals surface area contributed by atoms with E-state index >= 15 is 0 Å². The molecule has 0 N–H and O–H groups in total. The summed E-state index contributed by atoms with van der Waals surface area (Å²) in [6.07, 6.45) is 4.21. The van der Waals surface area contributed by atoms with Crippen LogP contribution in [-0.4, -0.2) is 36.3 Å². The van der Waals surface area contributed by atoms with Gasteiger partial charge in [0.05, 0.1) is 12.3 Å². The topological polar surface area (TPSA) is 40.6 Å². The first-order valence-electron chi connectivity index (χ1n) is 9.93. The molecule has 140 valence electrons. The van der Waals surface area contributed by atoms with E-state index in [4.69, 9.17) is 0 Å². The zero-order valence-corrected chi connectivity index (χ0v) is 15.6. The lowest BCUT2D eigenvalue weighted by molar-refractivity contribution is -0.134. The third-order valence-corrected chi connectivity index (χ3v) is 5.70. The number of likely N-dealkylation sites (tertiary alicyclic amines) is 1. The van der Waals surface area contributed by atoms with Crippen molar-refractivity contribution in [2.24, 2.45) is 5.92 Å². The van der Waals surface area contributed by atoms with E-state index in [1.165, 1.54) is 5.56 Å². The Morgan fingerprint density at radius 3 is 2.56 bits per heavy atom. The first-order chi connectivity index (χ1) is 13.2. The van der Waals surface area contributed by atoms with Crippen LogP contribution in [0.15, 0.2) is 54.6 Å². The van der Waals surface area contributed by atoms with Crippen molar-refractivity contribution in [2.45, 2.75) is 32.1 Å². The smallest absolute Gasteiger partial charge is 0.231 e. The third-order valence-electron chi connectivity index (χ3n) is 5.70. The van der Waals surface area contributed by atoms with E-state index in [-0.39, 0.29) is 17.7 Å². The van der Waals surface area contributed by atoms with E-state index in [0.717, 1.165) is 50.0 Å². The predicted molar refractivity (Wildman–Crippen MR) is 107 cm³/mol. The van der Waals surface area contributed by atoms with Crippen LogP contribution in [0.1, 0.15) is 30.4 Å². The number of carbonyl (C=O) groups is 2. The van der Waals surface area contributed by atoms with Gasteiger partial charge in [-0.05, 0) is 42.9 Å². The second kappa shape index (κ2) is 7.95. The highest BCUT2D eigenvalue weighted by molar-refractivity contribution is 5.96. The van der Waals surface area contributed by atoms with Crippen LogP contribution in [0.2, 0.25) is 0 Å². The second-order valence-corrected chi connectivity index (χ2v) is 7.56. The van der Waals surface area contributed by atoms with Crippen molar-refractivity contribution < 1.29 is 9.59 Å². The minimum atomic E-state index is -0.0929. The number of amides is 2. The van der Waals surface area contributed by atoms with Crippen molar-refractivity contribution in [3.8, 4) is 0 Å². The van der Waals surface area contributed by atoms with Gasteiger partial charge in [0.1, 0.15) is 0 Å². The molecule has 0 unspecified atom stereocenters. The fraction of sp³-hybridized carbons (Fsp3) is 0.391. The molecule has 2 aromatic rings. The number of rotatable bonds is 3. The lowest BCUT2D eigenvalue weighted by Crippen LogP contribution is -2.48. The molecule has 0 aliphatic carbocycles. The zero-order chi connectivity index (χ0) is 18.6. The normalized spacial score (nSPS) is 19.5. The maximum atomic E-state index is 13.2. The van der Waals surface area contributed by atoms with Crippen LogP contribution in [0, 0.1) is 5.92 Å². The first kappa shape index (κ1) is 17.8. The van der Waals surface area contributed by atoms with Gasteiger partial charge in [-0.25, -0.2) is 0 Å². The molecular weight excluding hydrogens is 336 g/mol. The summed E-state index contributed by atoms with van der Waals surface area (Å²) in [6, 6.07) is 18.0. The Hall–Kier alpha value is -2.62. The first-order valence-corrected chi connectivity index (χ1v) is 9.93. The molecule has 0 aromatic heterocycles. The van der Waals surface area contributed by atoms with Gasteiger partial charge in [-0.2, -0.15) is 0 Å². The number of nitrogens with zero attached hydrogens (tertiary/aromatic N) is 2. The third kappa shape index (κ3) is 3.90. The molecule has 0 bridgehead atoms.